The molecule has 0 aliphatic heterocycles. The number of methoxy groups -OCH3 is 1. The van der Waals surface area contributed by atoms with Crippen molar-refractivity contribution in [2.45, 2.75) is 13.5 Å². The summed E-state index contributed by atoms with van der Waals surface area (Å²) in [6.07, 6.45) is 0. The molecule has 0 saturated heterocycles. The van der Waals surface area contributed by atoms with E-state index in [-0.39, 0.29) is 12.5 Å². The molecule has 0 aliphatic carbocycles. The summed E-state index contributed by atoms with van der Waals surface area (Å²) in [4.78, 5) is 15.3. The van der Waals surface area contributed by atoms with E-state index in [1.807, 2.05) is 31.2 Å². The molecule has 3 aromatic rings. The third-order valence-corrected chi connectivity index (χ3v) is 3.74. The molecule has 0 spiro atoms. The zero-order valence-corrected chi connectivity index (χ0v) is 13.8. The van der Waals surface area contributed by atoms with Gasteiger partial charge in [0.15, 0.2) is 18.1 Å². The van der Waals surface area contributed by atoms with E-state index in [4.69, 9.17) is 9.47 Å². The van der Waals surface area contributed by atoms with E-state index in [1.54, 1.807) is 19.2 Å². The van der Waals surface area contributed by atoms with E-state index in [2.05, 4.69) is 22.4 Å². The molecule has 2 N–H and O–H groups in total. The number of carbonyl (C=O) groups is 1. The van der Waals surface area contributed by atoms with Crippen molar-refractivity contribution in [2.75, 3.05) is 13.7 Å². The summed E-state index contributed by atoms with van der Waals surface area (Å²) in [5.41, 5.74) is 3.27. The first-order valence-corrected chi connectivity index (χ1v) is 7.76. The van der Waals surface area contributed by atoms with Gasteiger partial charge in [0.05, 0.1) is 7.11 Å². The van der Waals surface area contributed by atoms with Crippen LogP contribution < -0.4 is 14.8 Å². The second-order valence-corrected chi connectivity index (χ2v) is 5.59. The van der Waals surface area contributed by atoms with E-state index >= 15 is 0 Å². The van der Waals surface area contributed by atoms with Crippen molar-refractivity contribution in [3.8, 4) is 11.5 Å². The highest BCUT2D eigenvalue weighted by atomic mass is 16.5. The highest BCUT2D eigenvalue weighted by Crippen LogP contribution is 2.25. The van der Waals surface area contributed by atoms with E-state index < -0.39 is 0 Å². The van der Waals surface area contributed by atoms with E-state index in [1.165, 1.54) is 0 Å². The molecule has 1 amide bonds. The van der Waals surface area contributed by atoms with Crippen molar-refractivity contribution in [1.82, 2.24) is 10.3 Å². The van der Waals surface area contributed by atoms with Gasteiger partial charge in [-0.05, 0) is 48.2 Å². The predicted molar refractivity (Wildman–Crippen MR) is 93.4 cm³/mol. The van der Waals surface area contributed by atoms with Gasteiger partial charge in [-0.3, -0.25) is 4.79 Å². The Bertz CT molecular complexity index is 855. The molecule has 5 heteroatoms. The van der Waals surface area contributed by atoms with Crippen LogP contribution in [0.1, 0.15) is 11.3 Å². The van der Waals surface area contributed by atoms with Crippen molar-refractivity contribution < 1.29 is 14.3 Å². The molecule has 2 aromatic carbocycles. The average molecular weight is 324 g/mol. The Labute approximate surface area is 140 Å². The summed E-state index contributed by atoms with van der Waals surface area (Å²) in [6, 6.07) is 15.4. The second kappa shape index (κ2) is 7.08. The summed E-state index contributed by atoms with van der Waals surface area (Å²) < 4.78 is 10.7. The minimum absolute atomic E-state index is 0.0497. The molecule has 0 bridgehead atoms. The van der Waals surface area contributed by atoms with Crippen LogP contribution in [0.4, 0.5) is 0 Å². The van der Waals surface area contributed by atoms with Gasteiger partial charge in [0.25, 0.3) is 5.91 Å². The molecular weight excluding hydrogens is 304 g/mol. The van der Waals surface area contributed by atoms with Crippen molar-refractivity contribution in [2.24, 2.45) is 0 Å². The molecule has 124 valence electrons. The third-order valence-electron chi connectivity index (χ3n) is 3.74. The number of fused-ring (bicyclic) bond motifs is 1. The van der Waals surface area contributed by atoms with Gasteiger partial charge in [-0.2, -0.15) is 0 Å². The number of hydrogen-bond donors (Lipinski definition) is 2. The highest BCUT2D eigenvalue weighted by Gasteiger charge is 2.07. The van der Waals surface area contributed by atoms with Crippen molar-refractivity contribution in [3.63, 3.8) is 0 Å². The molecule has 0 atom stereocenters. The van der Waals surface area contributed by atoms with Crippen LogP contribution in [0.2, 0.25) is 0 Å². The van der Waals surface area contributed by atoms with Crippen LogP contribution in [0.15, 0.2) is 48.5 Å². The van der Waals surface area contributed by atoms with Gasteiger partial charge in [0.1, 0.15) is 0 Å². The minimum atomic E-state index is -0.175. The first-order valence-electron chi connectivity index (χ1n) is 7.76. The molecule has 0 fully saturated rings. The molecule has 5 nitrogen and oxygen atoms in total. The van der Waals surface area contributed by atoms with Crippen LogP contribution in [0.5, 0.6) is 11.5 Å². The molecule has 24 heavy (non-hydrogen) atoms. The monoisotopic (exact) mass is 324 g/mol. The Morgan fingerprint density at radius 3 is 2.71 bits per heavy atom. The van der Waals surface area contributed by atoms with Gasteiger partial charge in [0.2, 0.25) is 0 Å². The second-order valence-electron chi connectivity index (χ2n) is 5.59. The number of H-pyrrole nitrogens is 1. The van der Waals surface area contributed by atoms with Crippen molar-refractivity contribution >= 4 is 16.8 Å². The maximum Gasteiger partial charge on any atom is 0.258 e. The standard InChI is InChI=1S/C19H20N2O3/c1-13-9-15-10-14(7-8-16(15)21-13)11-20-19(22)12-24-18-6-4-3-5-17(18)23-2/h3-10,21H,11-12H2,1-2H3,(H,20,22). The van der Waals surface area contributed by atoms with Crippen LogP contribution in [0, 0.1) is 6.92 Å². The van der Waals surface area contributed by atoms with Gasteiger partial charge in [-0.25, -0.2) is 0 Å². The third kappa shape index (κ3) is 3.68. The maximum atomic E-state index is 12.0. The number of rotatable bonds is 6. The fourth-order valence-electron chi connectivity index (χ4n) is 2.57. The largest absolute Gasteiger partial charge is 0.493 e. The fourth-order valence-corrected chi connectivity index (χ4v) is 2.57. The van der Waals surface area contributed by atoms with Crippen molar-refractivity contribution in [3.05, 3.63) is 59.8 Å². The summed E-state index contributed by atoms with van der Waals surface area (Å²) in [5, 5.41) is 4.01. The number of amides is 1. The van der Waals surface area contributed by atoms with Crippen LogP contribution >= 0.6 is 0 Å². The lowest BCUT2D eigenvalue weighted by atomic mass is 10.1. The number of aromatic nitrogens is 1. The Kier molecular flexibility index (Phi) is 4.70. The number of aryl methyl sites for hydroxylation is 1. The molecular formula is C19H20N2O3. The first-order chi connectivity index (χ1) is 11.7. The lowest BCUT2D eigenvalue weighted by molar-refractivity contribution is -0.123. The number of ether oxygens (including phenoxy) is 2. The van der Waals surface area contributed by atoms with Crippen LogP contribution in [0.25, 0.3) is 10.9 Å². The molecule has 0 aliphatic rings. The lowest BCUT2D eigenvalue weighted by Gasteiger charge is -2.10. The van der Waals surface area contributed by atoms with E-state index in [9.17, 15) is 4.79 Å². The quantitative estimate of drug-likeness (QED) is 0.732. The predicted octanol–water partition coefficient (Wildman–Crippen LogP) is 3.18. The molecule has 1 aromatic heterocycles. The van der Waals surface area contributed by atoms with E-state index in [0.717, 1.165) is 22.2 Å². The molecule has 1 heterocycles. The molecule has 0 radical (unpaired) electrons. The number of nitrogens with one attached hydrogen (secondary N) is 2. The fraction of sp³-hybridized carbons (Fsp3) is 0.211. The Balaban J connectivity index is 1.54. The smallest absolute Gasteiger partial charge is 0.258 e. The number of benzene rings is 2. The Hall–Kier alpha value is -2.95. The van der Waals surface area contributed by atoms with E-state index in [0.29, 0.717) is 18.0 Å². The normalized spacial score (nSPS) is 10.6. The molecule has 3 rings (SSSR count). The number of para-hydroxylation sites is 2. The van der Waals surface area contributed by atoms with Crippen LogP contribution in [-0.4, -0.2) is 24.6 Å². The summed E-state index contributed by atoms with van der Waals surface area (Å²) >= 11 is 0. The van der Waals surface area contributed by atoms with Crippen LogP contribution in [-0.2, 0) is 11.3 Å². The molecule has 0 unspecified atom stereocenters. The number of aromatic amines is 1. The lowest BCUT2D eigenvalue weighted by Crippen LogP contribution is -2.28. The maximum absolute atomic E-state index is 12.0. The van der Waals surface area contributed by atoms with Gasteiger partial charge in [0, 0.05) is 17.8 Å². The highest BCUT2D eigenvalue weighted by molar-refractivity contribution is 5.81. The Morgan fingerprint density at radius 2 is 1.92 bits per heavy atom. The zero-order chi connectivity index (χ0) is 16.9. The summed E-state index contributed by atoms with van der Waals surface area (Å²) in [7, 11) is 1.57. The summed E-state index contributed by atoms with van der Waals surface area (Å²) in [5.74, 6) is 0.990. The van der Waals surface area contributed by atoms with Gasteiger partial charge >= 0.3 is 0 Å². The van der Waals surface area contributed by atoms with Gasteiger partial charge in [-0.1, -0.05) is 18.2 Å². The first kappa shape index (κ1) is 15.9. The Morgan fingerprint density at radius 1 is 1.12 bits per heavy atom. The minimum Gasteiger partial charge on any atom is -0.493 e. The topological polar surface area (TPSA) is 63.4 Å². The zero-order valence-electron chi connectivity index (χ0n) is 13.8. The average Bonchev–Trinajstić information content (AvgIpc) is 2.97. The number of carbonyl (C=O) groups excluding carboxylic acids is 1. The SMILES string of the molecule is COc1ccccc1OCC(=O)NCc1ccc2[nH]c(C)cc2c1. The summed E-state index contributed by atoms with van der Waals surface area (Å²) in [6.45, 7) is 2.44. The van der Waals surface area contributed by atoms with Crippen LogP contribution in [0.3, 0.4) is 0 Å². The van der Waals surface area contributed by atoms with Crippen molar-refractivity contribution in [1.29, 1.82) is 0 Å². The molecule has 0 saturated carbocycles. The number of hydrogen-bond acceptors (Lipinski definition) is 3. The van der Waals surface area contributed by atoms with Gasteiger partial charge in [-0.15, -0.1) is 0 Å². The van der Waals surface area contributed by atoms with Gasteiger partial charge < -0.3 is 19.8 Å².